The van der Waals surface area contributed by atoms with Gasteiger partial charge in [0.15, 0.2) is 5.11 Å². The minimum absolute atomic E-state index is 0.0867. The Labute approximate surface area is 86.8 Å². The fourth-order valence-corrected chi connectivity index (χ4v) is 1.67. The number of carbonyl (C=O) groups excluding carboxylic acids is 1. The molecule has 2 N–H and O–H groups in total. The molecule has 1 atom stereocenters. The van der Waals surface area contributed by atoms with E-state index < -0.39 is 0 Å². The van der Waals surface area contributed by atoms with Gasteiger partial charge in [-0.3, -0.25) is 4.79 Å². The van der Waals surface area contributed by atoms with Crippen LogP contribution >= 0.6 is 12.2 Å². The van der Waals surface area contributed by atoms with Crippen LogP contribution in [0.3, 0.4) is 0 Å². The second-order valence-corrected chi connectivity index (χ2v) is 3.47. The number of rotatable bonds is 1. The highest BCUT2D eigenvalue weighted by molar-refractivity contribution is 7.80. The first-order chi connectivity index (χ1) is 6.66. The van der Waals surface area contributed by atoms with Gasteiger partial charge in [0.1, 0.15) is 6.04 Å². The molecule has 1 unspecified atom stereocenters. The van der Waals surface area contributed by atoms with Crippen LogP contribution in [0.5, 0.6) is 0 Å². The molecule has 0 aromatic carbocycles. The predicted octanol–water partition coefficient (Wildman–Crippen LogP) is 0.274. The molecule has 0 fully saturated rings. The number of hydrogen-bond donors (Lipinski definition) is 2. The van der Waals surface area contributed by atoms with E-state index in [-0.39, 0.29) is 11.9 Å². The van der Waals surface area contributed by atoms with E-state index >= 15 is 0 Å². The summed E-state index contributed by atoms with van der Waals surface area (Å²) in [5.41, 5.74) is 1.64. The Hall–Kier alpha value is -1.49. The quantitative estimate of drug-likeness (QED) is 0.607. The van der Waals surface area contributed by atoms with Crippen molar-refractivity contribution in [1.82, 2.24) is 10.6 Å². The standard InChI is InChI=1S/C9H9N3OS/c1-5(13)10-6-3-2-4-7-8(6)12-9(14)11-7/h2-4,8H,1H3,(H,10,13)(H,12,14). The van der Waals surface area contributed by atoms with Crippen LogP contribution in [0.1, 0.15) is 6.92 Å². The summed E-state index contributed by atoms with van der Waals surface area (Å²) >= 11 is 4.93. The van der Waals surface area contributed by atoms with Gasteiger partial charge in [-0.1, -0.05) is 6.08 Å². The topological polar surface area (TPSA) is 53.5 Å². The third-order valence-electron chi connectivity index (χ3n) is 1.97. The maximum Gasteiger partial charge on any atom is 0.221 e. The monoisotopic (exact) mass is 207 g/mol. The normalized spacial score (nSPS) is 23.5. The molecule has 0 aromatic heterocycles. The van der Waals surface area contributed by atoms with Crippen LogP contribution in [0.15, 0.2) is 28.9 Å². The number of nitrogens with zero attached hydrogens (tertiary/aromatic N) is 1. The van der Waals surface area contributed by atoms with Crippen molar-refractivity contribution in [3.05, 3.63) is 23.9 Å². The zero-order valence-corrected chi connectivity index (χ0v) is 8.39. The average molecular weight is 207 g/mol. The lowest BCUT2D eigenvalue weighted by Gasteiger charge is -2.18. The first-order valence-electron chi connectivity index (χ1n) is 4.22. The summed E-state index contributed by atoms with van der Waals surface area (Å²) in [6.07, 6.45) is 5.56. The SMILES string of the molecule is CC(=O)NC1=CC=CC2=NC(=S)NC12. The van der Waals surface area contributed by atoms with Crippen LogP contribution in [0.4, 0.5) is 0 Å². The molecule has 0 aromatic rings. The van der Waals surface area contributed by atoms with Gasteiger partial charge in [-0.05, 0) is 24.4 Å². The first kappa shape index (κ1) is 9.08. The Bertz CT molecular complexity index is 395. The van der Waals surface area contributed by atoms with Gasteiger partial charge < -0.3 is 10.6 Å². The molecule has 0 bridgehead atoms. The molecule has 72 valence electrons. The van der Waals surface area contributed by atoms with Crippen LogP contribution in [-0.2, 0) is 4.79 Å². The van der Waals surface area contributed by atoms with Gasteiger partial charge in [0.2, 0.25) is 5.91 Å². The maximum atomic E-state index is 10.9. The summed E-state index contributed by atoms with van der Waals surface area (Å²) in [6.45, 7) is 1.48. The van der Waals surface area contributed by atoms with Crippen molar-refractivity contribution in [3.8, 4) is 0 Å². The van der Waals surface area contributed by atoms with E-state index in [1.165, 1.54) is 6.92 Å². The Morgan fingerprint density at radius 2 is 2.50 bits per heavy atom. The fourth-order valence-electron chi connectivity index (χ4n) is 1.45. The average Bonchev–Trinajstić information content (AvgIpc) is 2.45. The third-order valence-corrected chi connectivity index (χ3v) is 2.18. The van der Waals surface area contributed by atoms with Gasteiger partial charge in [0.05, 0.1) is 5.71 Å². The van der Waals surface area contributed by atoms with Crippen molar-refractivity contribution >= 4 is 28.9 Å². The number of carbonyl (C=O) groups is 1. The number of aliphatic imine (C=N–C) groups is 1. The van der Waals surface area contributed by atoms with Crippen LogP contribution in [0.25, 0.3) is 0 Å². The van der Waals surface area contributed by atoms with Gasteiger partial charge in [-0.2, -0.15) is 0 Å². The molecular weight excluding hydrogens is 198 g/mol. The van der Waals surface area contributed by atoms with Crippen molar-refractivity contribution in [2.24, 2.45) is 4.99 Å². The highest BCUT2D eigenvalue weighted by Gasteiger charge is 2.27. The van der Waals surface area contributed by atoms with Crippen LogP contribution < -0.4 is 10.6 Å². The molecule has 14 heavy (non-hydrogen) atoms. The van der Waals surface area contributed by atoms with E-state index in [4.69, 9.17) is 12.2 Å². The third kappa shape index (κ3) is 1.58. The van der Waals surface area contributed by atoms with Crippen molar-refractivity contribution in [2.45, 2.75) is 13.0 Å². The highest BCUT2D eigenvalue weighted by atomic mass is 32.1. The maximum absolute atomic E-state index is 10.9. The molecule has 0 radical (unpaired) electrons. The number of nitrogens with one attached hydrogen (secondary N) is 2. The number of fused-ring (bicyclic) bond motifs is 1. The first-order valence-corrected chi connectivity index (χ1v) is 4.62. The molecule has 1 aliphatic heterocycles. The largest absolute Gasteiger partial charge is 0.347 e. The molecule has 4 nitrogen and oxygen atoms in total. The van der Waals surface area contributed by atoms with Crippen molar-refractivity contribution in [2.75, 3.05) is 0 Å². The number of thiocarbonyl (C=S) groups is 1. The van der Waals surface area contributed by atoms with Gasteiger partial charge in [0, 0.05) is 12.6 Å². The smallest absolute Gasteiger partial charge is 0.221 e. The minimum Gasteiger partial charge on any atom is -0.347 e. The Kier molecular flexibility index (Phi) is 2.17. The van der Waals surface area contributed by atoms with Crippen molar-refractivity contribution < 1.29 is 4.79 Å². The number of amides is 1. The number of allylic oxidation sites excluding steroid dienone is 2. The molecule has 2 aliphatic rings. The fraction of sp³-hybridized carbons (Fsp3) is 0.222. The lowest BCUT2D eigenvalue weighted by atomic mass is 10.0. The van der Waals surface area contributed by atoms with Crippen LogP contribution in [0, 0.1) is 0 Å². The Balaban J connectivity index is 2.24. The van der Waals surface area contributed by atoms with E-state index in [0.29, 0.717) is 5.11 Å². The predicted molar refractivity (Wildman–Crippen MR) is 58.0 cm³/mol. The summed E-state index contributed by atoms with van der Waals surface area (Å²) in [5.74, 6) is -0.0921. The molecule has 0 spiro atoms. The van der Waals surface area contributed by atoms with E-state index in [0.717, 1.165) is 11.4 Å². The molecule has 0 saturated carbocycles. The summed E-state index contributed by atoms with van der Waals surface area (Å²) in [7, 11) is 0. The zero-order chi connectivity index (χ0) is 10.1. The summed E-state index contributed by atoms with van der Waals surface area (Å²) in [5, 5.41) is 6.21. The van der Waals surface area contributed by atoms with E-state index in [9.17, 15) is 4.79 Å². The lowest BCUT2D eigenvalue weighted by Crippen LogP contribution is -2.40. The van der Waals surface area contributed by atoms with E-state index in [1.54, 1.807) is 0 Å². The van der Waals surface area contributed by atoms with Crippen molar-refractivity contribution in [3.63, 3.8) is 0 Å². The second kappa shape index (κ2) is 3.34. The van der Waals surface area contributed by atoms with Gasteiger partial charge in [0.25, 0.3) is 0 Å². The molecule has 1 amide bonds. The van der Waals surface area contributed by atoms with E-state index in [1.807, 2.05) is 18.2 Å². The molecule has 0 saturated heterocycles. The van der Waals surface area contributed by atoms with E-state index in [2.05, 4.69) is 15.6 Å². The summed E-state index contributed by atoms with van der Waals surface area (Å²) in [6, 6.07) is -0.0867. The summed E-state index contributed by atoms with van der Waals surface area (Å²) in [4.78, 5) is 15.0. The molecular formula is C9H9N3OS. The van der Waals surface area contributed by atoms with Gasteiger partial charge >= 0.3 is 0 Å². The lowest BCUT2D eigenvalue weighted by molar-refractivity contribution is -0.118. The molecule has 1 aliphatic carbocycles. The molecule has 1 heterocycles. The Morgan fingerprint density at radius 1 is 1.71 bits per heavy atom. The highest BCUT2D eigenvalue weighted by Crippen LogP contribution is 2.13. The molecule has 2 rings (SSSR count). The second-order valence-electron chi connectivity index (χ2n) is 3.08. The minimum atomic E-state index is -0.0921. The van der Waals surface area contributed by atoms with Crippen LogP contribution in [0.2, 0.25) is 0 Å². The summed E-state index contributed by atoms with van der Waals surface area (Å²) < 4.78 is 0. The Morgan fingerprint density at radius 3 is 3.21 bits per heavy atom. The van der Waals surface area contributed by atoms with Crippen molar-refractivity contribution in [1.29, 1.82) is 0 Å². The van der Waals surface area contributed by atoms with Gasteiger partial charge in [-0.25, -0.2) is 4.99 Å². The molecule has 5 heteroatoms. The van der Waals surface area contributed by atoms with Gasteiger partial charge in [-0.15, -0.1) is 0 Å². The number of hydrogen-bond acceptors (Lipinski definition) is 2. The zero-order valence-electron chi connectivity index (χ0n) is 7.57. The van der Waals surface area contributed by atoms with Crippen LogP contribution in [-0.4, -0.2) is 22.8 Å².